The monoisotopic (exact) mass is 524 g/mol. The van der Waals surface area contributed by atoms with Gasteiger partial charge in [-0.3, -0.25) is 19.2 Å². The Morgan fingerprint density at radius 3 is 1.97 bits per heavy atom. The van der Waals surface area contributed by atoms with E-state index >= 15 is 0 Å². The van der Waals surface area contributed by atoms with E-state index in [1.165, 1.54) is 11.8 Å². The normalized spacial score (nSPS) is 14.2. The first-order valence-corrected chi connectivity index (χ1v) is 13.0. The van der Waals surface area contributed by atoms with E-state index in [4.69, 9.17) is 10.8 Å². The Labute approximate surface area is 215 Å². The van der Waals surface area contributed by atoms with Crippen molar-refractivity contribution in [2.24, 2.45) is 11.7 Å². The fraction of sp³-hybridized carbons (Fsp3) is 0.542. The van der Waals surface area contributed by atoms with Gasteiger partial charge in [-0.2, -0.15) is 11.8 Å². The fourth-order valence-corrected chi connectivity index (χ4v) is 3.79. The minimum absolute atomic E-state index is 0.205. The zero-order valence-corrected chi connectivity index (χ0v) is 21.5. The van der Waals surface area contributed by atoms with Crippen LogP contribution < -0.4 is 21.7 Å². The van der Waals surface area contributed by atoms with E-state index in [2.05, 4.69) is 16.0 Å². The molecule has 200 valence electrons. The molecule has 4 atom stereocenters. The molecule has 1 aromatic rings. The van der Waals surface area contributed by atoms with Crippen molar-refractivity contribution in [1.29, 1.82) is 0 Å². The van der Waals surface area contributed by atoms with Crippen molar-refractivity contribution in [2.45, 2.75) is 63.7 Å². The molecule has 1 rings (SSSR count). The van der Waals surface area contributed by atoms with E-state index in [1.807, 2.05) is 12.3 Å². The summed E-state index contributed by atoms with van der Waals surface area (Å²) in [7, 11) is 0. The molecule has 0 spiro atoms. The third kappa shape index (κ3) is 11.1. The van der Waals surface area contributed by atoms with Crippen LogP contribution in [0.15, 0.2) is 30.3 Å². The quantitative estimate of drug-likeness (QED) is 0.177. The summed E-state index contributed by atoms with van der Waals surface area (Å²) in [4.78, 5) is 61.2. The predicted octanol–water partition coefficient (Wildman–Crippen LogP) is 0.369. The molecule has 0 aromatic heterocycles. The lowest BCUT2D eigenvalue weighted by atomic mass is 10.0. The van der Waals surface area contributed by atoms with Crippen molar-refractivity contribution in [2.75, 3.05) is 12.0 Å². The number of carbonyl (C=O) groups excluding carboxylic acids is 3. The topological polar surface area (TPSA) is 188 Å². The zero-order valence-electron chi connectivity index (χ0n) is 20.7. The lowest BCUT2D eigenvalue weighted by molar-refractivity contribution is -0.143. The van der Waals surface area contributed by atoms with Crippen LogP contribution >= 0.6 is 11.8 Å². The Morgan fingerprint density at radius 1 is 0.889 bits per heavy atom. The number of benzene rings is 1. The highest BCUT2D eigenvalue weighted by atomic mass is 32.2. The Bertz CT molecular complexity index is 898. The predicted molar refractivity (Wildman–Crippen MR) is 136 cm³/mol. The van der Waals surface area contributed by atoms with Crippen LogP contribution in [0.3, 0.4) is 0 Å². The molecule has 0 bridgehead atoms. The molecule has 0 aliphatic rings. The van der Waals surface area contributed by atoms with Gasteiger partial charge >= 0.3 is 11.9 Å². The maximum Gasteiger partial charge on any atom is 0.326 e. The SMILES string of the molecule is CSCCC(NC(=O)C(CCC(=O)O)NC(=O)C(N)Cc1ccccc1)C(=O)NC(C(=O)O)C(C)C. The summed E-state index contributed by atoms with van der Waals surface area (Å²) < 4.78 is 0. The number of nitrogens with one attached hydrogen (secondary N) is 3. The van der Waals surface area contributed by atoms with Crippen molar-refractivity contribution in [3.05, 3.63) is 35.9 Å². The van der Waals surface area contributed by atoms with Gasteiger partial charge in [-0.25, -0.2) is 4.79 Å². The summed E-state index contributed by atoms with van der Waals surface area (Å²) in [5, 5.41) is 25.9. The van der Waals surface area contributed by atoms with Crippen LogP contribution in [0.25, 0.3) is 0 Å². The summed E-state index contributed by atoms with van der Waals surface area (Å²) in [6.45, 7) is 3.29. The average molecular weight is 525 g/mol. The van der Waals surface area contributed by atoms with Crippen LogP contribution in [0.4, 0.5) is 0 Å². The molecule has 0 heterocycles. The highest BCUT2D eigenvalue weighted by Gasteiger charge is 2.31. The molecule has 0 saturated carbocycles. The zero-order chi connectivity index (χ0) is 27.3. The van der Waals surface area contributed by atoms with Gasteiger partial charge < -0.3 is 31.9 Å². The number of rotatable bonds is 16. The first kappa shape index (κ1) is 30.9. The van der Waals surface area contributed by atoms with Crippen molar-refractivity contribution >= 4 is 41.4 Å². The number of hydrogen-bond acceptors (Lipinski definition) is 7. The molecular formula is C24H36N4O7S. The van der Waals surface area contributed by atoms with E-state index in [0.29, 0.717) is 5.75 Å². The van der Waals surface area contributed by atoms with Gasteiger partial charge in [0.25, 0.3) is 0 Å². The molecule has 0 aliphatic carbocycles. The van der Waals surface area contributed by atoms with Crippen molar-refractivity contribution in [3.8, 4) is 0 Å². The minimum Gasteiger partial charge on any atom is -0.481 e. The molecule has 0 aliphatic heterocycles. The number of thioether (sulfide) groups is 1. The fourth-order valence-electron chi connectivity index (χ4n) is 3.32. The third-order valence-electron chi connectivity index (χ3n) is 5.39. The van der Waals surface area contributed by atoms with Crippen LogP contribution in [0.1, 0.15) is 38.7 Å². The largest absolute Gasteiger partial charge is 0.481 e. The van der Waals surface area contributed by atoms with Crippen LogP contribution in [0.2, 0.25) is 0 Å². The van der Waals surface area contributed by atoms with E-state index in [0.717, 1.165) is 5.56 Å². The van der Waals surface area contributed by atoms with Gasteiger partial charge in [0.1, 0.15) is 18.1 Å². The second-order valence-electron chi connectivity index (χ2n) is 8.70. The van der Waals surface area contributed by atoms with Gasteiger partial charge in [0, 0.05) is 6.42 Å². The molecule has 36 heavy (non-hydrogen) atoms. The molecule has 0 saturated heterocycles. The first-order valence-electron chi connectivity index (χ1n) is 11.6. The van der Waals surface area contributed by atoms with E-state index in [9.17, 15) is 29.1 Å². The van der Waals surface area contributed by atoms with Gasteiger partial charge in [0.05, 0.1) is 6.04 Å². The van der Waals surface area contributed by atoms with Crippen LogP contribution in [0.5, 0.6) is 0 Å². The van der Waals surface area contributed by atoms with Gasteiger partial charge in [-0.05, 0) is 42.8 Å². The van der Waals surface area contributed by atoms with Crippen molar-refractivity contribution in [1.82, 2.24) is 16.0 Å². The number of carbonyl (C=O) groups is 5. The van der Waals surface area contributed by atoms with Crippen LogP contribution in [-0.4, -0.2) is 76.0 Å². The second-order valence-corrected chi connectivity index (χ2v) is 9.69. The molecular weight excluding hydrogens is 488 g/mol. The van der Waals surface area contributed by atoms with Crippen molar-refractivity contribution < 1.29 is 34.2 Å². The van der Waals surface area contributed by atoms with E-state index in [1.54, 1.807) is 38.1 Å². The smallest absolute Gasteiger partial charge is 0.326 e. The Hall–Kier alpha value is -3.12. The summed E-state index contributed by atoms with van der Waals surface area (Å²) in [5.74, 6) is -4.33. The minimum atomic E-state index is -1.25. The van der Waals surface area contributed by atoms with Crippen LogP contribution in [-0.2, 0) is 30.4 Å². The molecule has 0 fully saturated rings. The standard InChI is InChI=1S/C24H36N4O7S/c1-14(2)20(24(34)35)28-23(33)18(11-12-36-3)27-22(32)17(9-10-19(29)30)26-21(31)16(25)13-15-7-5-4-6-8-15/h4-8,14,16-18,20H,9-13,25H2,1-3H3,(H,26,31)(H,27,32)(H,28,33)(H,29,30)(H,34,35). The summed E-state index contributed by atoms with van der Waals surface area (Å²) in [6, 6.07) is 4.58. The average Bonchev–Trinajstić information content (AvgIpc) is 2.82. The summed E-state index contributed by atoms with van der Waals surface area (Å²) in [6.07, 6.45) is 1.61. The number of hydrogen-bond donors (Lipinski definition) is 6. The maximum absolute atomic E-state index is 13.0. The molecule has 4 unspecified atom stereocenters. The Morgan fingerprint density at radius 2 is 1.44 bits per heavy atom. The van der Waals surface area contributed by atoms with Crippen LogP contribution in [0, 0.1) is 5.92 Å². The van der Waals surface area contributed by atoms with E-state index in [-0.39, 0.29) is 19.3 Å². The highest BCUT2D eigenvalue weighted by molar-refractivity contribution is 7.98. The number of aliphatic carboxylic acids is 2. The molecule has 3 amide bonds. The van der Waals surface area contributed by atoms with E-state index < -0.39 is 66.2 Å². The molecule has 0 radical (unpaired) electrons. The lowest BCUT2D eigenvalue weighted by Gasteiger charge is -2.26. The first-order chi connectivity index (χ1) is 17.0. The number of carboxylic acids is 2. The summed E-state index contributed by atoms with van der Waals surface area (Å²) >= 11 is 1.43. The van der Waals surface area contributed by atoms with Crippen molar-refractivity contribution in [3.63, 3.8) is 0 Å². The third-order valence-corrected chi connectivity index (χ3v) is 6.03. The Balaban J connectivity index is 2.97. The number of nitrogens with two attached hydrogens (primary N) is 1. The summed E-state index contributed by atoms with van der Waals surface area (Å²) in [5.41, 5.74) is 6.82. The van der Waals surface area contributed by atoms with Gasteiger partial charge in [0.2, 0.25) is 17.7 Å². The molecule has 11 nitrogen and oxygen atoms in total. The highest BCUT2D eigenvalue weighted by Crippen LogP contribution is 2.08. The molecule has 12 heteroatoms. The lowest BCUT2D eigenvalue weighted by Crippen LogP contribution is -2.58. The second kappa shape index (κ2) is 15.8. The van der Waals surface area contributed by atoms with Gasteiger partial charge in [-0.15, -0.1) is 0 Å². The molecule has 1 aromatic carbocycles. The van der Waals surface area contributed by atoms with Gasteiger partial charge in [0.15, 0.2) is 0 Å². The Kier molecular flexibility index (Phi) is 13.6. The van der Waals surface area contributed by atoms with Gasteiger partial charge in [-0.1, -0.05) is 44.2 Å². The maximum atomic E-state index is 13.0. The molecule has 7 N–H and O–H groups in total. The number of carboxylic acid groups (broad SMARTS) is 2. The number of amides is 3.